The molecule has 0 N–H and O–H groups in total. The fraction of sp³-hybridized carbons (Fsp3) is 0.0588. The van der Waals surface area contributed by atoms with Crippen molar-refractivity contribution < 1.29 is 4.79 Å². The van der Waals surface area contributed by atoms with Crippen LogP contribution in [0.5, 0.6) is 0 Å². The van der Waals surface area contributed by atoms with Gasteiger partial charge in [0, 0.05) is 16.8 Å². The van der Waals surface area contributed by atoms with Gasteiger partial charge in [-0.1, -0.05) is 36.9 Å². The maximum atomic E-state index is 12.4. The minimum absolute atomic E-state index is 0.0343. The first-order valence-corrected chi connectivity index (χ1v) is 6.30. The van der Waals surface area contributed by atoms with Gasteiger partial charge in [-0.3, -0.25) is 4.79 Å². The average Bonchev–Trinajstić information content (AvgIpc) is 2.73. The Morgan fingerprint density at radius 3 is 2.55 bits per heavy atom. The quantitative estimate of drug-likeness (QED) is 0.832. The molecular formula is C17H12N2O. The van der Waals surface area contributed by atoms with Gasteiger partial charge in [0.1, 0.15) is 0 Å². The van der Waals surface area contributed by atoms with E-state index < -0.39 is 0 Å². The van der Waals surface area contributed by atoms with Crippen LogP contribution in [0.15, 0.2) is 55.1 Å². The van der Waals surface area contributed by atoms with Crippen LogP contribution in [0.2, 0.25) is 0 Å². The first-order chi connectivity index (χ1) is 9.70. The van der Waals surface area contributed by atoms with Crippen molar-refractivity contribution in [2.75, 3.05) is 0 Å². The largest absolute Gasteiger partial charge is 0.304 e. The molecule has 3 heteroatoms. The molecule has 1 aliphatic heterocycles. The molecule has 0 saturated carbocycles. The van der Waals surface area contributed by atoms with E-state index in [1.165, 1.54) is 0 Å². The monoisotopic (exact) mass is 260 g/mol. The van der Waals surface area contributed by atoms with Crippen molar-refractivity contribution in [1.29, 1.82) is 5.26 Å². The van der Waals surface area contributed by atoms with Crippen LogP contribution in [0.3, 0.4) is 0 Å². The van der Waals surface area contributed by atoms with E-state index in [9.17, 15) is 4.79 Å². The van der Waals surface area contributed by atoms with Crippen LogP contribution >= 0.6 is 0 Å². The van der Waals surface area contributed by atoms with Gasteiger partial charge in [-0.15, -0.1) is 0 Å². The van der Waals surface area contributed by atoms with Crippen molar-refractivity contribution in [2.45, 2.75) is 6.54 Å². The Labute approximate surface area is 117 Å². The van der Waals surface area contributed by atoms with Crippen molar-refractivity contribution in [3.8, 4) is 6.07 Å². The summed E-state index contributed by atoms with van der Waals surface area (Å²) in [6, 6.07) is 16.8. The standard InChI is InChI=1S/C17H12N2O/c1-12-15-7-2-3-8-16(15)17(20)19(12)11-14-6-4-5-13(9-14)10-18/h2-9H,1,11H2. The second-order valence-corrected chi connectivity index (χ2v) is 4.70. The highest BCUT2D eigenvalue weighted by atomic mass is 16.2. The third kappa shape index (κ3) is 1.88. The van der Waals surface area contributed by atoms with Gasteiger partial charge in [-0.2, -0.15) is 5.26 Å². The first-order valence-electron chi connectivity index (χ1n) is 6.30. The number of rotatable bonds is 2. The molecule has 3 rings (SSSR count). The summed E-state index contributed by atoms with van der Waals surface area (Å²) in [6.07, 6.45) is 0. The molecule has 2 aromatic rings. The smallest absolute Gasteiger partial charge is 0.259 e. The molecule has 0 saturated heterocycles. The van der Waals surface area contributed by atoms with Gasteiger partial charge in [0.25, 0.3) is 5.91 Å². The lowest BCUT2D eigenvalue weighted by Crippen LogP contribution is -2.22. The van der Waals surface area contributed by atoms with E-state index in [0.29, 0.717) is 23.4 Å². The van der Waals surface area contributed by atoms with Crippen molar-refractivity contribution in [1.82, 2.24) is 4.90 Å². The number of nitrogens with zero attached hydrogens (tertiary/aromatic N) is 2. The molecule has 20 heavy (non-hydrogen) atoms. The van der Waals surface area contributed by atoms with Crippen molar-refractivity contribution in [3.63, 3.8) is 0 Å². The minimum Gasteiger partial charge on any atom is -0.304 e. The number of nitriles is 1. The fourth-order valence-electron chi connectivity index (χ4n) is 2.42. The van der Waals surface area contributed by atoms with E-state index >= 15 is 0 Å². The zero-order valence-corrected chi connectivity index (χ0v) is 10.8. The maximum Gasteiger partial charge on any atom is 0.259 e. The lowest BCUT2D eigenvalue weighted by molar-refractivity contribution is 0.0843. The molecule has 0 bridgehead atoms. The second-order valence-electron chi connectivity index (χ2n) is 4.70. The van der Waals surface area contributed by atoms with Gasteiger partial charge in [-0.25, -0.2) is 0 Å². The summed E-state index contributed by atoms with van der Waals surface area (Å²) < 4.78 is 0. The summed E-state index contributed by atoms with van der Waals surface area (Å²) in [5.41, 5.74) is 3.81. The highest BCUT2D eigenvalue weighted by Crippen LogP contribution is 2.32. The van der Waals surface area contributed by atoms with Gasteiger partial charge in [0.2, 0.25) is 0 Å². The fourth-order valence-corrected chi connectivity index (χ4v) is 2.42. The predicted molar refractivity (Wildman–Crippen MR) is 76.5 cm³/mol. The summed E-state index contributed by atoms with van der Waals surface area (Å²) >= 11 is 0. The van der Waals surface area contributed by atoms with E-state index in [-0.39, 0.29) is 5.91 Å². The molecule has 1 amide bonds. The van der Waals surface area contributed by atoms with Crippen LogP contribution in [0, 0.1) is 11.3 Å². The summed E-state index contributed by atoms with van der Waals surface area (Å²) in [5.74, 6) is -0.0343. The summed E-state index contributed by atoms with van der Waals surface area (Å²) in [6.45, 7) is 4.44. The van der Waals surface area contributed by atoms with Crippen molar-refractivity contribution >= 4 is 11.6 Å². The molecule has 0 aromatic heterocycles. The Morgan fingerprint density at radius 1 is 1.10 bits per heavy atom. The average molecular weight is 260 g/mol. The zero-order chi connectivity index (χ0) is 14.1. The van der Waals surface area contributed by atoms with E-state index in [2.05, 4.69) is 12.6 Å². The number of fused-ring (bicyclic) bond motifs is 1. The SMILES string of the molecule is C=C1c2ccccc2C(=O)N1Cc1cccc(C#N)c1. The van der Waals surface area contributed by atoms with Gasteiger partial charge in [0.05, 0.1) is 18.2 Å². The topological polar surface area (TPSA) is 44.1 Å². The molecule has 96 valence electrons. The number of carbonyl (C=O) groups excluding carboxylic acids is 1. The van der Waals surface area contributed by atoms with E-state index in [4.69, 9.17) is 5.26 Å². The van der Waals surface area contributed by atoms with Gasteiger partial charge < -0.3 is 4.90 Å². The Kier molecular flexibility index (Phi) is 2.85. The van der Waals surface area contributed by atoms with Gasteiger partial charge >= 0.3 is 0 Å². The van der Waals surface area contributed by atoms with Crippen LogP contribution in [0.4, 0.5) is 0 Å². The number of amides is 1. The van der Waals surface area contributed by atoms with Crippen molar-refractivity contribution in [2.24, 2.45) is 0 Å². The van der Waals surface area contributed by atoms with Crippen LogP contribution in [-0.2, 0) is 6.54 Å². The molecule has 0 aliphatic carbocycles. The lowest BCUT2D eigenvalue weighted by atomic mass is 10.1. The Balaban J connectivity index is 1.92. The number of carbonyl (C=O) groups is 1. The zero-order valence-electron chi connectivity index (χ0n) is 10.8. The highest BCUT2D eigenvalue weighted by Gasteiger charge is 2.30. The number of hydrogen-bond acceptors (Lipinski definition) is 2. The third-order valence-corrected chi connectivity index (χ3v) is 3.44. The second kappa shape index (κ2) is 4.67. The molecule has 0 radical (unpaired) electrons. The van der Waals surface area contributed by atoms with Gasteiger partial charge in [0.15, 0.2) is 0 Å². The van der Waals surface area contributed by atoms with Gasteiger partial charge in [-0.05, 0) is 23.8 Å². The number of benzene rings is 2. The van der Waals surface area contributed by atoms with Crippen LogP contribution in [0.25, 0.3) is 5.70 Å². The normalized spacial score (nSPS) is 13.2. The molecule has 1 heterocycles. The molecule has 1 aliphatic rings. The molecule has 2 aromatic carbocycles. The Bertz CT molecular complexity index is 721. The molecule has 0 fully saturated rings. The molecule has 0 spiro atoms. The highest BCUT2D eigenvalue weighted by molar-refractivity contribution is 6.08. The maximum absolute atomic E-state index is 12.4. The van der Waals surface area contributed by atoms with Crippen LogP contribution in [-0.4, -0.2) is 10.8 Å². The first kappa shape index (κ1) is 12.2. The van der Waals surface area contributed by atoms with Crippen molar-refractivity contribution in [3.05, 3.63) is 77.4 Å². The third-order valence-electron chi connectivity index (χ3n) is 3.44. The van der Waals surface area contributed by atoms with Crippen LogP contribution < -0.4 is 0 Å². The van der Waals surface area contributed by atoms with E-state index in [0.717, 1.165) is 11.1 Å². The Hall–Kier alpha value is -2.86. The molecule has 0 atom stereocenters. The molecule has 0 unspecified atom stereocenters. The Morgan fingerprint density at radius 2 is 1.85 bits per heavy atom. The minimum atomic E-state index is -0.0343. The molecule has 3 nitrogen and oxygen atoms in total. The summed E-state index contributed by atoms with van der Waals surface area (Å²) in [7, 11) is 0. The molecular weight excluding hydrogens is 248 g/mol. The predicted octanol–water partition coefficient (Wildman–Crippen LogP) is 3.18. The number of hydrogen-bond donors (Lipinski definition) is 0. The van der Waals surface area contributed by atoms with Crippen LogP contribution in [0.1, 0.15) is 27.0 Å². The van der Waals surface area contributed by atoms with E-state index in [1.54, 1.807) is 17.0 Å². The van der Waals surface area contributed by atoms with E-state index in [1.807, 2.05) is 36.4 Å². The summed E-state index contributed by atoms with van der Waals surface area (Å²) in [5, 5.41) is 8.92. The lowest BCUT2D eigenvalue weighted by Gasteiger charge is -2.17. The summed E-state index contributed by atoms with van der Waals surface area (Å²) in [4.78, 5) is 14.0.